The van der Waals surface area contributed by atoms with Crippen LogP contribution in [-0.2, 0) is 19.3 Å². The van der Waals surface area contributed by atoms with Gasteiger partial charge in [0.2, 0.25) is 0 Å². The SMILES string of the molecule is NCC1c2cc(C(F)(F)F)ccc2CN1Cc1ccncc1. The molecule has 0 bridgehead atoms. The van der Waals surface area contributed by atoms with Gasteiger partial charge < -0.3 is 5.73 Å². The van der Waals surface area contributed by atoms with Crippen LogP contribution in [0, 0.1) is 0 Å². The first-order valence-electron chi connectivity index (χ1n) is 7.02. The Bertz CT molecular complexity index is 655. The van der Waals surface area contributed by atoms with Crippen molar-refractivity contribution in [3.63, 3.8) is 0 Å². The lowest BCUT2D eigenvalue weighted by Crippen LogP contribution is -2.27. The highest BCUT2D eigenvalue weighted by Crippen LogP contribution is 2.38. The van der Waals surface area contributed by atoms with E-state index in [1.165, 1.54) is 6.07 Å². The second-order valence-electron chi connectivity index (χ2n) is 5.42. The van der Waals surface area contributed by atoms with E-state index in [1.807, 2.05) is 12.1 Å². The predicted octanol–water partition coefficient (Wildman–Crippen LogP) is 3.12. The lowest BCUT2D eigenvalue weighted by Gasteiger charge is -2.24. The number of hydrogen-bond donors (Lipinski definition) is 1. The van der Waals surface area contributed by atoms with Crippen molar-refractivity contribution >= 4 is 0 Å². The average Bonchev–Trinajstić information content (AvgIpc) is 2.83. The summed E-state index contributed by atoms with van der Waals surface area (Å²) in [6, 6.07) is 7.55. The summed E-state index contributed by atoms with van der Waals surface area (Å²) < 4.78 is 38.6. The van der Waals surface area contributed by atoms with Crippen LogP contribution in [-0.4, -0.2) is 16.4 Å². The second kappa shape index (κ2) is 5.70. The van der Waals surface area contributed by atoms with Crippen LogP contribution < -0.4 is 5.73 Å². The third-order valence-corrected chi connectivity index (χ3v) is 4.00. The molecule has 2 heterocycles. The van der Waals surface area contributed by atoms with Crippen molar-refractivity contribution in [1.29, 1.82) is 0 Å². The summed E-state index contributed by atoms with van der Waals surface area (Å²) in [5.74, 6) is 0. The highest BCUT2D eigenvalue weighted by atomic mass is 19.4. The molecule has 3 nitrogen and oxygen atoms in total. The molecular weight excluding hydrogens is 291 g/mol. The van der Waals surface area contributed by atoms with Gasteiger partial charge in [0, 0.05) is 38.1 Å². The number of halogens is 3. The molecule has 0 saturated heterocycles. The third-order valence-electron chi connectivity index (χ3n) is 4.00. The number of fused-ring (bicyclic) bond motifs is 1. The van der Waals surface area contributed by atoms with Crippen molar-refractivity contribution in [2.75, 3.05) is 6.54 Å². The van der Waals surface area contributed by atoms with Crippen molar-refractivity contribution in [2.24, 2.45) is 5.73 Å². The molecule has 1 aromatic carbocycles. The summed E-state index contributed by atoms with van der Waals surface area (Å²) in [5, 5.41) is 0. The fourth-order valence-corrected chi connectivity index (χ4v) is 2.92. The molecule has 2 aromatic rings. The maximum absolute atomic E-state index is 12.9. The Kier molecular flexibility index (Phi) is 3.88. The number of nitrogens with two attached hydrogens (primary N) is 1. The average molecular weight is 307 g/mol. The fourth-order valence-electron chi connectivity index (χ4n) is 2.92. The minimum absolute atomic E-state index is 0.189. The van der Waals surface area contributed by atoms with Crippen molar-refractivity contribution in [1.82, 2.24) is 9.88 Å². The van der Waals surface area contributed by atoms with Gasteiger partial charge in [-0.2, -0.15) is 13.2 Å². The van der Waals surface area contributed by atoms with Crippen LogP contribution in [0.4, 0.5) is 13.2 Å². The van der Waals surface area contributed by atoms with Gasteiger partial charge in [-0.3, -0.25) is 9.88 Å². The minimum Gasteiger partial charge on any atom is -0.329 e. The maximum atomic E-state index is 12.9. The highest BCUT2D eigenvalue weighted by Gasteiger charge is 2.35. The first-order chi connectivity index (χ1) is 10.5. The highest BCUT2D eigenvalue weighted by molar-refractivity contribution is 5.39. The summed E-state index contributed by atoms with van der Waals surface area (Å²) >= 11 is 0. The molecule has 0 amide bonds. The Morgan fingerprint density at radius 2 is 1.91 bits per heavy atom. The predicted molar refractivity (Wildman–Crippen MR) is 76.7 cm³/mol. The van der Waals surface area contributed by atoms with Gasteiger partial charge in [-0.25, -0.2) is 0 Å². The van der Waals surface area contributed by atoms with Crippen molar-refractivity contribution in [2.45, 2.75) is 25.3 Å². The Hall–Kier alpha value is -1.92. The zero-order valence-corrected chi connectivity index (χ0v) is 11.8. The topological polar surface area (TPSA) is 42.1 Å². The Balaban J connectivity index is 1.88. The van der Waals surface area contributed by atoms with Crippen molar-refractivity contribution in [3.8, 4) is 0 Å². The van der Waals surface area contributed by atoms with Gasteiger partial charge in [-0.15, -0.1) is 0 Å². The summed E-state index contributed by atoms with van der Waals surface area (Å²) in [6.45, 7) is 1.54. The van der Waals surface area contributed by atoms with Crippen LogP contribution in [0.2, 0.25) is 0 Å². The molecule has 0 spiro atoms. The van der Waals surface area contributed by atoms with Gasteiger partial charge >= 0.3 is 6.18 Å². The van der Waals surface area contributed by atoms with Gasteiger partial charge in [0.25, 0.3) is 0 Å². The standard InChI is InChI=1S/C16H16F3N3/c17-16(18,19)13-2-1-12-10-22(15(8-20)14(12)7-13)9-11-3-5-21-6-4-11/h1-7,15H,8-10,20H2. The molecule has 116 valence electrons. The van der Waals surface area contributed by atoms with E-state index in [1.54, 1.807) is 18.5 Å². The number of hydrogen-bond acceptors (Lipinski definition) is 3. The van der Waals surface area contributed by atoms with E-state index in [4.69, 9.17) is 5.73 Å². The van der Waals surface area contributed by atoms with Crippen molar-refractivity contribution in [3.05, 3.63) is 65.0 Å². The summed E-state index contributed by atoms with van der Waals surface area (Å²) in [4.78, 5) is 6.07. The van der Waals surface area contributed by atoms with Crippen molar-refractivity contribution < 1.29 is 13.2 Å². The van der Waals surface area contributed by atoms with E-state index in [2.05, 4.69) is 9.88 Å². The van der Waals surface area contributed by atoms with Crippen LogP contribution >= 0.6 is 0 Å². The van der Waals surface area contributed by atoms with Crippen LogP contribution in [0.25, 0.3) is 0 Å². The van der Waals surface area contributed by atoms with Gasteiger partial charge in [0.05, 0.1) is 5.56 Å². The van der Waals surface area contributed by atoms with E-state index in [9.17, 15) is 13.2 Å². The molecule has 0 radical (unpaired) electrons. The number of nitrogens with zero attached hydrogens (tertiary/aromatic N) is 2. The van der Waals surface area contributed by atoms with Gasteiger partial charge in [-0.1, -0.05) is 6.07 Å². The van der Waals surface area contributed by atoms with Gasteiger partial charge in [0.15, 0.2) is 0 Å². The summed E-state index contributed by atoms with van der Waals surface area (Å²) in [7, 11) is 0. The fraction of sp³-hybridized carbons (Fsp3) is 0.312. The Labute approximate surface area is 126 Å². The maximum Gasteiger partial charge on any atom is 0.416 e. The molecule has 2 N–H and O–H groups in total. The van der Waals surface area contributed by atoms with E-state index in [0.29, 0.717) is 25.2 Å². The Morgan fingerprint density at radius 1 is 1.18 bits per heavy atom. The lowest BCUT2D eigenvalue weighted by molar-refractivity contribution is -0.137. The molecule has 22 heavy (non-hydrogen) atoms. The molecule has 1 aromatic heterocycles. The molecule has 1 unspecified atom stereocenters. The van der Waals surface area contributed by atoms with Gasteiger partial charge in [0.1, 0.15) is 0 Å². The molecule has 1 aliphatic heterocycles. The molecule has 3 rings (SSSR count). The number of rotatable bonds is 3. The van der Waals surface area contributed by atoms with E-state index < -0.39 is 11.7 Å². The third kappa shape index (κ3) is 2.84. The van der Waals surface area contributed by atoms with Crippen LogP contribution in [0.1, 0.15) is 28.3 Å². The number of benzene rings is 1. The minimum atomic E-state index is -4.33. The first-order valence-corrected chi connectivity index (χ1v) is 7.02. The van der Waals surface area contributed by atoms with Crippen LogP contribution in [0.15, 0.2) is 42.7 Å². The first kappa shape index (κ1) is 15.0. The quantitative estimate of drug-likeness (QED) is 0.947. The molecule has 0 fully saturated rings. The summed E-state index contributed by atoms with van der Waals surface area (Å²) in [6.07, 6.45) is -0.914. The molecule has 0 aliphatic carbocycles. The zero-order chi connectivity index (χ0) is 15.7. The number of alkyl halides is 3. The van der Waals surface area contributed by atoms with E-state index >= 15 is 0 Å². The van der Waals surface area contributed by atoms with E-state index in [-0.39, 0.29) is 6.04 Å². The molecule has 0 saturated carbocycles. The largest absolute Gasteiger partial charge is 0.416 e. The summed E-state index contributed by atoms with van der Waals surface area (Å²) in [5.41, 5.74) is 7.87. The van der Waals surface area contributed by atoms with Gasteiger partial charge in [-0.05, 0) is 41.0 Å². The molecule has 1 atom stereocenters. The molecule has 1 aliphatic rings. The molecule has 6 heteroatoms. The normalized spacial score (nSPS) is 18.5. The Morgan fingerprint density at radius 3 is 2.55 bits per heavy atom. The second-order valence-corrected chi connectivity index (χ2v) is 5.42. The van der Waals surface area contributed by atoms with Crippen LogP contribution in [0.5, 0.6) is 0 Å². The smallest absolute Gasteiger partial charge is 0.329 e. The van der Waals surface area contributed by atoms with E-state index in [0.717, 1.165) is 17.2 Å². The zero-order valence-electron chi connectivity index (χ0n) is 11.8. The number of pyridine rings is 1. The lowest BCUT2D eigenvalue weighted by atomic mass is 10.0. The van der Waals surface area contributed by atoms with Crippen LogP contribution in [0.3, 0.4) is 0 Å². The monoisotopic (exact) mass is 307 g/mol. The molecular formula is C16H16F3N3. The number of aromatic nitrogens is 1.